The van der Waals surface area contributed by atoms with Crippen molar-refractivity contribution in [3.05, 3.63) is 34.9 Å². The molecule has 0 amide bonds. The molecule has 16 heavy (non-hydrogen) atoms. The first-order valence-electron chi connectivity index (χ1n) is 6.39. The van der Waals surface area contributed by atoms with Crippen LogP contribution in [0.2, 0.25) is 0 Å². The average Bonchev–Trinajstić information content (AvgIpc) is 2.71. The van der Waals surface area contributed by atoms with E-state index in [4.69, 9.17) is 0 Å². The van der Waals surface area contributed by atoms with Gasteiger partial charge in [0, 0.05) is 4.83 Å². The molecule has 3 unspecified atom stereocenters. The summed E-state index contributed by atoms with van der Waals surface area (Å²) in [5.74, 6) is 2.99. The van der Waals surface area contributed by atoms with E-state index in [1.165, 1.54) is 36.0 Å². The Morgan fingerprint density at radius 1 is 1.19 bits per heavy atom. The highest BCUT2D eigenvalue weighted by atomic mass is 79.9. The molecular weight excluding hydrogens is 260 g/mol. The topological polar surface area (TPSA) is 0 Å². The SMILES string of the molecule is Cc1ccc(C(Br)C2C3CCCC32)c(C)c1. The lowest BCUT2D eigenvalue weighted by Gasteiger charge is -2.15. The summed E-state index contributed by atoms with van der Waals surface area (Å²) >= 11 is 3.94. The van der Waals surface area contributed by atoms with Gasteiger partial charge in [-0.25, -0.2) is 0 Å². The number of rotatable bonds is 2. The van der Waals surface area contributed by atoms with Gasteiger partial charge in [-0.05, 0) is 55.6 Å². The molecule has 2 fully saturated rings. The first kappa shape index (κ1) is 10.8. The van der Waals surface area contributed by atoms with Gasteiger partial charge in [-0.15, -0.1) is 0 Å². The van der Waals surface area contributed by atoms with E-state index in [-0.39, 0.29) is 0 Å². The molecule has 0 N–H and O–H groups in total. The Hall–Kier alpha value is -0.300. The predicted octanol–water partition coefficient (Wildman–Crippen LogP) is 4.79. The molecule has 1 aromatic carbocycles. The molecule has 1 aromatic rings. The number of hydrogen-bond acceptors (Lipinski definition) is 0. The molecule has 0 bridgehead atoms. The Balaban J connectivity index is 1.82. The molecule has 0 radical (unpaired) electrons. The van der Waals surface area contributed by atoms with Crippen molar-refractivity contribution in [2.45, 2.75) is 37.9 Å². The summed E-state index contributed by atoms with van der Waals surface area (Å²) in [6, 6.07) is 6.87. The van der Waals surface area contributed by atoms with E-state index in [2.05, 4.69) is 48.0 Å². The van der Waals surface area contributed by atoms with Crippen molar-refractivity contribution in [2.24, 2.45) is 17.8 Å². The maximum absolute atomic E-state index is 3.94. The van der Waals surface area contributed by atoms with E-state index in [0.717, 1.165) is 17.8 Å². The van der Waals surface area contributed by atoms with E-state index in [1.807, 2.05) is 0 Å². The molecule has 2 saturated carbocycles. The molecule has 0 nitrogen and oxygen atoms in total. The van der Waals surface area contributed by atoms with Gasteiger partial charge in [0.2, 0.25) is 0 Å². The smallest absolute Gasteiger partial charge is 0.0431 e. The second-order valence-electron chi connectivity index (χ2n) is 5.60. The van der Waals surface area contributed by atoms with Gasteiger partial charge in [-0.2, -0.15) is 0 Å². The van der Waals surface area contributed by atoms with E-state index in [1.54, 1.807) is 0 Å². The van der Waals surface area contributed by atoms with Crippen molar-refractivity contribution >= 4 is 15.9 Å². The van der Waals surface area contributed by atoms with Crippen LogP contribution in [0.15, 0.2) is 18.2 Å². The molecular formula is C15H19Br. The van der Waals surface area contributed by atoms with Crippen LogP contribution in [-0.4, -0.2) is 0 Å². The average molecular weight is 279 g/mol. The van der Waals surface area contributed by atoms with Crippen LogP contribution in [0.25, 0.3) is 0 Å². The van der Waals surface area contributed by atoms with E-state index >= 15 is 0 Å². The van der Waals surface area contributed by atoms with Crippen LogP contribution in [0.5, 0.6) is 0 Å². The first-order valence-corrected chi connectivity index (χ1v) is 7.31. The van der Waals surface area contributed by atoms with Gasteiger partial charge in [0.25, 0.3) is 0 Å². The molecule has 0 heterocycles. The summed E-state index contributed by atoms with van der Waals surface area (Å²) in [5.41, 5.74) is 4.34. The summed E-state index contributed by atoms with van der Waals surface area (Å²) in [6.07, 6.45) is 4.42. The monoisotopic (exact) mass is 278 g/mol. The Kier molecular flexibility index (Phi) is 2.62. The fourth-order valence-corrected chi connectivity index (χ4v) is 4.95. The van der Waals surface area contributed by atoms with E-state index in [9.17, 15) is 0 Å². The summed E-state index contributed by atoms with van der Waals surface area (Å²) in [6.45, 7) is 4.42. The van der Waals surface area contributed by atoms with Crippen molar-refractivity contribution in [1.29, 1.82) is 0 Å². The molecule has 0 aromatic heterocycles. The fraction of sp³-hybridized carbons (Fsp3) is 0.600. The minimum Gasteiger partial charge on any atom is -0.0835 e. The third-order valence-electron chi connectivity index (χ3n) is 4.53. The fourth-order valence-electron chi connectivity index (χ4n) is 3.65. The zero-order valence-electron chi connectivity index (χ0n) is 10.0. The van der Waals surface area contributed by atoms with Crippen molar-refractivity contribution in [2.75, 3.05) is 0 Å². The largest absolute Gasteiger partial charge is 0.0835 e. The van der Waals surface area contributed by atoms with Crippen LogP contribution in [0.3, 0.4) is 0 Å². The molecule has 3 atom stereocenters. The van der Waals surface area contributed by atoms with Gasteiger partial charge in [-0.3, -0.25) is 0 Å². The van der Waals surface area contributed by atoms with Gasteiger partial charge in [0.05, 0.1) is 0 Å². The number of hydrogen-bond donors (Lipinski definition) is 0. The summed E-state index contributed by atoms with van der Waals surface area (Å²) < 4.78 is 0. The van der Waals surface area contributed by atoms with Gasteiger partial charge >= 0.3 is 0 Å². The van der Waals surface area contributed by atoms with Crippen LogP contribution < -0.4 is 0 Å². The van der Waals surface area contributed by atoms with Crippen molar-refractivity contribution in [3.63, 3.8) is 0 Å². The summed E-state index contributed by atoms with van der Waals surface area (Å²) in [7, 11) is 0. The Bertz CT molecular complexity index is 400. The molecule has 0 saturated heterocycles. The lowest BCUT2D eigenvalue weighted by Crippen LogP contribution is -2.00. The maximum atomic E-state index is 3.94. The summed E-state index contributed by atoms with van der Waals surface area (Å²) in [4.78, 5) is 0.600. The van der Waals surface area contributed by atoms with Crippen LogP contribution in [0.4, 0.5) is 0 Å². The standard InChI is InChI=1S/C15H19Br/c1-9-6-7-11(10(2)8-9)15(16)14-12-4-3-5-13(12)14/h6-8,12-15H,3-5H2,1-2H3. The van der Waals surface area contributed by atoms with Crippen molar-refractivity contribution in [1.82, 2.24) is 0 Å². The zero-order chi connectivity index (χ0) is 11.3. The van der Waals surface area contributed by atoms with Gasteiger partial charge in [-0.1, -0.05) is 46.1 Å². The molecule has 3 rings (SSSR count). The first-order chi connectivity index (χ1) is 7.68. The van der Waals surface area contributed by atoms with Crippen LogP contribution in [-0.2, 0) is 0 Å². The quantitative estimate of drug-likeness (QED) is 0.683. The van der Waals surface area contributed by atoms with Gasteiger partial charge in [0.1, 0.15) is 0 Å². The molecule has 86 valence electrons. The molecule has 0 aliphatic heterocycles. The van der Waals surface area contributed by atoms with E-state index < -0.39 is 0 Å². The van der Waals surface area contributed by atoms with Crippen molar-refractivity contribution < 1.29 is 0 Å². The Labute approximate surface area is 107 Å². The lowest BCUT2D eigenvalue weighted by atomic mass is 9.97. The van der Waals surface area contributed by atoms with Gasteiger partial charge in [0.15, 0.2) is 0 Å². The maximum Gasteiger partial charge on any atom is 0.0431 e. The molecule has 1 heteroatoms. The highest BCUT2D eigenvalue weighted by Crippen LogP contribution is 2.64. The Morgan fingerprint density at radius 3 is 2.50 bits per heavy atom. The number of alkyl halides is 1. The number of benzene rings is 1. The van der Waals surface area contributed by atoms with Crippen LogP contribution >= 0.6 is 15.9 Å². The minimum atomic E-state index is 0.600. The van der Waals surface area contributed by atoms with Crippen LogP contribution in [0, 0.1) is 31.6 Å². The normalized spacial score (nSPS) is 33.6. The van der Waals surface area contributed by atoms with Crippen molar-refractivity contribution in [3.8, 4) is 0 Å². The predicted molar refractivity (Wildman–Crippen MR) is 71.9 cm³/mol. The molecule has 0 spiro atoms. The summed E-state index contributed by atoms with van der Waals surface area (Å²) in [5, 5.41) is 0. The Morgan fingerprint density at radius 2 is 1.88 bits per heavy atom. The highest BCUT2D eigenvalue weighted by Gasteiger charge is 2.55. The van der Waals surface area contributed by atoms with Crippen LogP contribution in [0.1, 0.15) is 40.8 Å². The lowest BCUT2D eigenvalue weighted by molar-refractivity contribution is 0.582. The number of aryl methyl sites for hydroxylation is 2. The molecule has 2 aliphatic carbocycles. The zero-order valence-corrected chi connectivity index (χ0v) is 11.6. The minimum absolute atomic E-state index is 0.600. The van der Waals surface area contributed by atoms with Gasteiger partial charge < -0.3 is 0 Å². The third-order valence-corrected chi connectivity index (χ3v) is 5.64. The number of halogens is 1. The van der Waals surface area contributed by atoms with E-state index in [0.29, 0.717) is 4.83 Å². The third kappa shape index (κ3) is 1.64. The highest BCUT2D eigenvalue weighted by molar-refractivity contribution is 9.09. The number of fused-ring (bicyclic) bond motifs is 1. The second-order valence-corrected chi connectivity index (χ2v) is 6.58. The molecule has 2 aliphatic rings. The second kappa shape index (κ2) is 3.87.